The summed E-state index contributed by atoms with van der Waals surface area (Å²) in [5.41, 5.74) is 0.657. The van der Waals surface area contributed by atoms with Gasteiger partial charge in [-0.25, -0.2) is 4.79 Å². The second-order valence-electron chi connectivity index (χ2n) is 12.8. The lowest BCUT2D eigenvalue weighted by Gasteiger charge is -2.46. The summed E-state index contributed by atoms with van der Waals surface area (Å²) in [6, 6.07) is -0.752. The van der Waals surface area contributed by atoms with Gasteiger partial charge in [0.15, 0.2) is 12.1 Å². The largest absolute Gasteiger partial charge is 0.462 e. The van der Waals surface area contributed by atoms with E-state index in [1.54, 1.807) is 65.8 Å². The first-order chi connectivity index (χ1) is 22.1. The minimum Gasteiger partial charge on any atom is -0.462 e. The number of ether oxygens (including phenoxy) is 4. The van der Waals surface area contributed by atoms with Crippen LogP contribution in [0.2, 0.25) is 0 Å². The van der Waals surface area contributed by atoms with Gasteiger partial charge in [-0.15, -0.1) is 6.58 Å². The standard InChI is InChI=1S/C34H54N2O11/c1-9-13-35-34(43)44-18-24-14-19(3)11-12-25(38)20(4)15-23(17-37)32(21(5)26(39)16-28(40)46-27(24)10-2)47-33-31(42)29(36(7)8)30(41)22(6)45-33/h9,11-12,14,17,20-24,26-27,29-33,39,41-42H,1,10,13,15-16,18H2,2-8H3,(H,35,43)/b12-11+,19-14+/t20-,21+,22-,23?,24-,26-,27-,29+,30-,31-,32-,33+/m1/s1. The van der Waals surface area contributed by atoms with Gasteiger partial charge in [0.25, 0.3) is 0 Å². The van der Waals surface area contributed by atoms with Gasteiger partial charge >= 0.3 is 12.1 Å². The minimum atomic E-state index is -1.35. The monoisotopic (exact) mass is 666 g/mol. The molecule has 12 atom stereocenters. The molecule has 2 rings (SSSR count). The summed E-state index contributed by atoms with van der Waals surface area (Å²) in [5, 5.41) is 35.6. The van der Waals surface area contributed by atoms with E-state index in [2.05, 4.69) is 11.9 Å². The summed E-state index contributed by atoms with van der Waals surface area (Å²) in [7, 11) is 3.39. The summed E-state index contributed by atoms with van der Waals surface area (Å²) >= 11 is 0. The number of carbonyl (C=O) groups excluding carboxylic acids is 4. The molecular formula is C34H54N2O11. The molecular weight excluding hydrogens is 612 g/mol. The number of nitrogens with one attached hydrogen (secondary N) is 1. The number of esters is 1. The molecule has 2 aliphatic rings. The van der Waals surface area contributed by atoms with E-state index < -0.39 is 91.1 Å². The first kappa shape index (κ1) is 40.2. The molecule has 2 aliphatic heterocycles. The van der Waals surface area contributed by atoms with Gasteiger partial charge in [0.05, 0.1) is 36.9 Å². The normalized spacial score (nSPS) is 38.1. The smallest absolute Gasteiger partial charge is 0.407 e. The summed E-state index contributed by atoms with van der Waals surface area (Å²) in [5.74, 6) is -3.97. The molecule has 0 bridgehead atoms. The number of nitrogens with zero attached hydrogens (tertiary/aromatic N) is 1. The molecule has 0 spiro atoms. The molecule has 1 amide bonds. The van der Waals surface area contributed by atoms with Gasteiger partial charge in [0.2, 0.25) is 0 Å². The molecule has 0 aromatic carbocycles. The highest BCUT2D eigenvalue weighted by Crippen LogP contribution is 2.32. The van der Waals surface area contributed by atoms with Crippen LogP contribution in [-0.2, 0) is 33.3 Å². The van der Waals surface area contributed by atoms with E-state index in [0.29, 0.717) is 18.3 Å². The van der Waals surface area contributed by atoms with Crippen LogP contribution in [0.1, 0.15) is 53.9 Å². The molecule has 0 aromatic rings. The quantitative estimate of drug-likeness (QED) is 0.160. The third-order valence-electron chi connectivity index (χ3n) is 8.85. The Labute approximate surface area is 277 Å². The number of carbonyl (C=O) groups is 4. The van der Waals surface area contributed by atoms with Gasteiger partial charge in [-0.1, -0.05) is 44.6 Å². The van der Waals surface area contributed by atoms with Crippen molar-refractivity contribution < 1.29 is 53.4 Å². The van der Waals surface area contributed by atoms with Crippen LogP contribution in [0, 0.1) is 23.7 Å². The molecule has 0 aromatic heterocycles. The fourth-order valence-electron chi connectivity index (χ4n) is 5.98. The Kier molecular flexibility index (Phi) is 16.4. The van der Waals surface area contributed by atoms with Crippen molar-refractivity contribution in [2.75, 3.05) is 27.2 Å². The summed E-state index contributed by atoms with van der Waals surface area (Å²) in [6.45, 7) is 12.1. The van der Waals surface area contributed by atoms with Gasteiger partial charge in [-0.2, -0.15) is 0 Å². The molecule has 0 saturated carbocycles. The number of alkyl carbamates (subject to hydrolysis) is 1. The molecule has 0 radical (unpaired) electrons. The van der Waals surface area contributed by atoms with Crippen molar-refractivity contribution in [3.8, 4) is 0 Å². The molecule has 13 heteroatoms. The average molecular weight is 667 g/mol. The van der Waals surface area contributed by atoms with Crippen LogP contribution in [0.4, 0.5) is 4.79 Å². The van der Waals surface area contributed by atoms with Gasteiger partial charge < -0.3 is 49.3 Å². The lowest BCUT2D eigenvalue weighted by Crippen LogP contribution is -2.63. The molecule has 47 heavy (non-hydrogen) atoms. The predicted octanol–water partition coefficient (Wildman–Crippen LogP) is 1.93. The molecule has 4 N–H and O–H groups in total. The van der Waals surface area contributed by atoms with E-state index in [1.165, 1.54) is 12.2 Å². The van der Waals surface area contributed by atoms with Crippen LogP contribution in [-0.4, -0.2) is 121 Å². The number of ketones is 1. The Morgan fingerprint density at radius 3 is 2.43 bits per heavy atom. The Hall–Kier alpha value is -2.94. The van der Waals surface area contributed by atoms with E-state index in [0.717, 1.165) is 0 Å². The molecule has 1 saturated heterocycles. The van der Waals surface area contributed by atoms with Crippen molar-refractivity contribution in [1.29, 1.82) is 0 Å². The van der Waals surface area contributed by atoms with Crippen molar-refractivity contribution in [3.63, 3.8) is 0 Å². The SMILES string of the molecule is C=CCNC(=O)OC[C@H]1/C=C(C)/C=C/C(=O)[C@H](C)CC(C=O)[C@H](O[C@@H]2O[C@H](C)[C@@H](O)[C@H](N(C)C)[C@H]2O)[C@@H](C)[C@H](O)CC(=O)O[C@@H]1CC. The zero-order valence-corrected chi connectivity index (χ0v) is 28.6. The fourth-order valence-corrected chi connectivity index (χ4v) is 5.98. The van der Waals surface area contributed by atoms with Crippen LogP contribution in [0.15, 0.2) is 36.5 Å². The van der Waals surface area contributed by atoms with E-state index in [4.69, 9.17) is 18.9 Å². The van der Waals surface area contributed by atoms with E-state index in [-0.39, 0.29) is 25.4 Å². The number of hydrogen-bond donors (Lipinski definition) is 4. The second kappa shape index (κ2) is 19.2. The van der Waals surface area contributed by atoms with Crippen LogP contribution in [0.25, 0.3) is 0 Å². The third-order valence-corrected chi connectivity index (χ3v) is 8.85. The zero-order chi connectivity index (χ0) is 35.4. The molecule has 2 heterocycles. The van der Waals surface area contributed by atoms with Crippen molar-refractivity contribution in [1.82, 2.24) is 10.2 Å². The number of aliphatic hydroxyl groups excluding tert-OH is 3. The zero-order valence-electron chi connectivity index (χ0n) is 28.6. The molecule has 0 aliphatic carbocycles. The number of amides is 1. The average Bonchev–Trinajstić information content (AvgIpc) is 3.02. The van der Waals surface area contributed by atoms with E-state index in [1.807, 2.05) is 0 Å². The van der Waals surface area contributed by atoms with Crippen LogP contribution in [0.3, 0.4) is 0 Å². The van der Waals surface area contributed by atoms with Gasteiger partial charge in [-0.3, -0.25) is 9.59 Å². The highest BCUT2D eigenvalue weighted by Gasteiger charge is 2.47. The maximum absolute atomic E-state index is 13.2. The van der Waals surface area contributed by atoms with Crippen molar-refractivity contribution in [2.24, 2.45) is 23.7 Å². The molecule has 1 fully saturated rings. The van der Waals surface area contributed by atoms with Crippen LogP contribution >= 0.6 is 0 Å². The lowest BCUT2D eigenvalue weighted by molar-refractivity contribution is -0.302. The Morgan fingerprint density at radius 2 is 1.83 bits per heavy atom. The fraction of sp³-hybridized carbons (Fsp3) is 0.706. The minimum absolute atomic E-state index is 0.0495. The third kappa shape index (κ3) is 11.6. The second-order valence-corrected chi connectivity index (χ2v) is 12.8. The first-order valence-electron chi connectivity index (χ1n) is 16.2. The summed E-state index contributed by atoms with van der Waals surface area (Å²) in [6.07, 6.45) is -1.33. The number of allylic oxidation sites excluding steroid dienone is 3. The number of aldehydes is 1. The summed E-state index contributed by atoms with van der Waals surface area (Å²) in [4.78, 5) is 52.7. The Bertz CT molecular complexity index is 1130. The first-order valence-corrected chi connectivity index (χ1v) is 16.2. The number of hydrogen-bond acceptors (Lipinski definition) is 12. The van der Waals surface area contributed by atoms with Crippen molar-refractivity contribution in [3.05, 3.63) is 36.5 Å². The van der Waals surface area contributed by atoms with E-state index >= 15 is 0 Å². The van der Waals surface area contributed by atoms with Crippen molar-refractivity contribution >= 4 is 24.1 Å². The maximum Gasteiger partial charge on any atom is 0.407 e. The Morgan fingerprint density at radius 1 is 1.15 bits per heavy atom. The lowest BCUT2D eigenvalue weighted by atomic mass is 9.81. The van der Waals surface area contributed by atoms with Gasteiger partial charge in [-0.05, 0) is 46.9 Å². The highest BCUT2D eigenvalue weighted by molar-refractivity contribution is 5.92. The van der Waals surface area contributed by atoms with E-state index in [9.17, 15) is 34.5 Å². The highest BCUT2D eigenvalue weighted by atomic mass is 16.7. The number of cyclic esters (lactones) is 1. The predicted molar refractivity (Wildman–Crippen MR) is 173 cm³/mol. The van der Waals surface area contributed by atoms with Gasteiger partial charge in [0, 0.05) is 30.2 Å². The molecule has 1 unspecified atom stereocenters. The molecule has 13 nitrogen and oxygen atoms in total. The summed E-state index contributed by atoms with van der Waals surface area (Å²) < 4.78 is 23.2. The number of likely N-dealkylation sites (N-methyl/N-ethyl adjacent to an activating group) is 1. The van der Waals surface area contributed by atoms with Crippen LogP contribution in [0.5, 0.6) is 0 Å². The maximum atomic E-state index is 13.2. The molecule has 266 valence electrons. The number of rotatable bonds is 9. The van der Waals surface area contributed by atoms with Gasteiger partial charge in [0.1, 0.15) is 25.1 Å². The topological polar surface area (TPSA) is 181 Å². The van der Waals surface area contributed by atoms with Crippen LogP contribution < -0.4 is 5.32 Å². The Balaban J connectivity index is 2.46. The number of aliphatic hydroxyl groups is 3. The van der Waals surface area contributed by atoms with Crippen molar-refractivity contribution in [2.45, 2.75) is 103 Å².